The lowest BCUT2D eigenvalue weighted by atomic mass is 9.96. The number of rotatable bonds is 2. The number of fused-ring (bicyclic) bond motifs is 1. The second-order valence-corrected chi connectivity index (χ2v) is 5.61. The molecule has 4 rings (SSSR count). The Hall–Kier alpha value is -2.95. The van der Waals surface area contributed by atoms with Gasteiger partial charge in [0.15, 0.2) is 0 Å². The van der Waals surface area contributed by atoms with Crippen LogP contribution in [0.25, 0.3) is 22.5 Å². The summed E-state index contributed by atoms with van der Waals surface area (Å²) in [5.74, 6) is 0.303. The van der Waals surface area contributed by atoms with Crippen molar-refractivity contribution in [3.8, 4) is 22.5 Å². The van der Waals surface area contributed by atoms with E-state index in [0.29, 0.717) is 23.5 Å². The highest BCUT2D eigenvalue weighted by molar-refractivity contribution is 6.00. The first-order chi connectivity index (χ1) is 11.1. The largest absolute Gasteiger partial charge is 0.348 e. The summed E-state index contributed by atoms with van der Waals surface area (Å²) in [5.41, 5.74) is 4.09. The zero-order valence-electron chi connectivity index (χ0n) is 12.5. The van der Waals surface area contributed by atoms with Gasteiger partial charge in [0.2, 0.25) is 0 Å². The molecule has 0 unspecified atom stereocenters. The minimum Gasteiger partial charge on any atom is -0.348 e. The van der Waals surface area contributed by atoms with Gasteiger partial charge in [0.1, 0.15) is 11.6 Å². The van der Waals surface area contributed by atoms with Crippen molar-refractivity contribution in [1.82, 2.24) is 14.9 Å². The molecule has 23 heavy (non-hydrogen) atoms. The normalized spacial score (nSPS) is 13.0. The standard InChI is InChI=1S/C18H14FN3O/c1-22-7-6-20-17(22)16-9-13(19)4-5-14(16)11-2-3-12-10-21-18(23)15(12)8-11/h2-9H,10H2,1H3,(H,21,23). The Morgan fingerprint density at radius 3 is 2.78 bits per heavy atom. The highest BCUT2D eigenvalue weighted by Gasteiger charge is 2.20. The van der Waals surface area contributed by atoms with Gasteiger partial charge in [-0.15, -0.1) is 0 Å². The van der Waals surface area contributed by atoms with Crippen molar-refractivity contribution in [3.05, 3.63) is 65.7 Å². The van der Waals surface area contributed by atoms with E-state index in [-0.39, 0.29) is 11.7 Å². The van der Waals surface area contributed by atoms with Gasteiger partial charge < -0.3 is 9.88 Å². The molecule has 0 saturated carbocycles. The summed E-state index contributed by atoms with van der Waals surface area (Å²) in [7, 11) is 1.87. The number of aromatic nitrogens is 2. The summed E-state index contributed by atoms with van der Waals surface area (Å²) < 4.78 is 15.6. The molecule has 0 fully saturated rings. The summed E-state index contributed by atoms with van der Waals surface area (Å²) in [6.07, 6.45) is 3.50. The maximum absolute atomic E-state index is 13.8. The Balaban J connectivity index is 1.92. The number of carbonyl (C=O) groups is 1. The van der Waals surface area contributed by atoms with Crippen molar-refractivity contribution in [1.29, 1.82) is 0 Å². The third-order valence-electron chi connectivity index (χ3n) is 4.15. The van der Waals surface area contributed by atoms with Crippen molar-refractivity contribution in [2.24, 2.45) is 7.05 Å². The maximum atomic E-state index is 13.8. The van der Waals surface area contributed by atoms with Gasteiger partial charge in [-0.05, 0) is 34.9 Å². The second kappa shape index (κ2) is 5.05. The van der Waals surface area contributed by atoms with Crippen LogP contribution in [0.5, 0.6) is 0 Å². The fourth-order valence-electron chi connectivity index (χ4n) is 2.96. The zero-order chi connectivity index (χ0) is 16.0. The first-order valence-electron chi connectivity index (χ1n) is 7.32. The number of carbonyl (C=O) groups excluding carboxylic acids is 1. The molecule has 114 valence electrons. The molecule has 1 aromatic heterocycles. The zero-order valence-corrected chi connectivity index (χ0v) is 12.5. The number of benzene rings is 2. The number of hydrogen-bond donors (Lipinski definition) is 1. The number of nitrogens with one attached hydrogen (secondary N) is 1. The summed E-state index contributed by atoms with van der Waals surface area (Å²) in [6.45, 7) is 0.560. The Labute approximate surface area is 132 Å². The first kappa shape index (κ1) is 13.7. The van der Waals surface area contributed by atoms with Gasteiger partial charge in [0, 0.05) is 37.1 Å². The lowest BCUT2D eigenvalue weighted by Crippen LogP contribution is -2.12. The quantitative estimate of drug-likeness (QED) is 0.790. The van der Waals surface area contributed by atoms with Crippen LogP contribution in [-0.4, -0.2) is 15.5 Å². The Morgan fingerprint density at radius 1 is 1.13 bits per heavy atom. The molecular weight excluding hydrogens is 293 g/mol. The van der Waals surface area contributed by atoms with Gasteiger partial charge in [0.25, 0.3) is 5.91 Å². The van der Waals surface area contributed by atoms with Crippen LogP contribution in [0.1, 0.15) is 15.9 Å². The minimum absolute atomic E-state index is 0.0671. The van der Waals surface area contributed by atoms with Crippen LogP contribution in [0.15, 0.2) is 48.8 Å². The van der Waals surface area contributed by atoms with Gasteiger partial charge in [-0.2, -0.15) is 0 Å². The maximum Gasteiger partial charge on any atom is 0.251 e. The van der Waals surface area contributed by atoms with E-state index >= 15 is 0 Å². The summed E-state index contributed by atoms with van der Waals surface area (Å²) in [5, 5.41) is 2.81. The summed E-state index contributed by atoms with van der Waals surface area (Å²) in [4.78, 5) is 16.2. The predicted molar refractivity (Wildman–Crippen MR) is 85.2 cm³/mol. The van der Waals surface area contributed by atoms with E-state index in [9.17, 15) is 9.18 Å². The molecule has 0 bridgehead atoms. The van der Waals surface area contributed by atoms with Crippen molar-refractivity contribution in [2.45, 2.75) is 6.54 Å². The Morgan fingerprint density at radius 2 is 2.00 bits per heavy atom. The molecule has 3 aromatic rings. The topological polar surface area (TPSA) is 46.9 Å². The summed E-state index contributed by atoms with van der Waals surface area (Å²) >= 11 is 0. The van der Waals surface area contributed by atoms with Gasteiger partial charge in [-0.25, -0.2) is 9.37 Å². The monoisotopic (exact) mass is 307 g/mol. The lowest BCUT2D eigenvalue weighted by Gasteiger charge is -2.11. The molecule has 4 nitrogen and oxygen atoms in total. The van der Waals surface area contributed by atoms with E-state index in [4.69, 9.17) is 0 Å². The van der Waals surface area contributed by atoms with E-state index in [1.54, 1.807) is 12.3 Å². The SMILES string of the molecule is Cn1ccnc1-c1cc(F)ccc1-c1ccc2c(c1)C(=O)NC2. The Kier molecular flexibility index (Phi) is 3.01. The predicted octanol–water partition coefficient (Wildman–Crippen LogP) is 3.14. The second-order valence-electron chi connectivity index (χ2n) is 5.61. The van der Waals surface area contributed by atoms with Gasteiger partial charge in [0.05, 0.1) is 0 Å². The van der Waals surface area contributed by atoms with Crippen LogP contribution in [0.4, 0.5) is 4.39 Å². The lowest BCUT2D eigenvalue weighted by molar-refractivity contribution is 0.0966. The molecule has 0 spiro atoms. The average Bonchev–Trinajstić information content (AvgIpc) is 3.13. The molecule has 2 aromatic carbocycles. The smallest absolute Gasteiger partial charge is 0.251 e. The molecule has 0 radical (unpaired) electrons. The van der Waals surface area contributed by atoms with Gasteiger partial charge in [-0.1, -0.05) is 18.2 Å². The number of halogens is 1. The third kappa shape index (κ3) is 2.21. The van der Waals surface area contributed by atoms with Crippen LogP contribution in [0.2, 0.25) is 0 Å². The fraction of sp³-hybridized carbons (Fsp3) is 0.111. The summed E-state index contributed by atoms with van der Waals surface area (Å²) in [6, 6.07) is 10.4. The van der Waals surface area contributed by atoms with Crippen molar-refractivity contribution in [3.63, 3.8) is 0 Å². The molecule has 5 heteroatoms. The number of imidazole rings is 1. The minimum atomic E-state index is -0.314. The molecule has 1 amide bonds. The van der Waals surface area contributed by atoms with Crippen LogP contribution < -0.4 is 5.32 Å². The van der Waals surface area contributed by atoms with Gasteiger partial charge >= 0.3 is 0 Å². The van der Waals surface area contributed by atoms with Crippen molar-refractivity contribution in [2.75, 3.05) is 0 Å². The van der Waals surface area contributed by atoms with Crippen LogP contribution in [0.3, 0.4) is 0 Å². The van der Waals surface area contributed by atoms with Crippen LogP contribution in [0, 0.1) is 5.82 Å². The number of nitrogens with zero attached hydrogens (tertiary/aromatic N) is 2. The first-order valence-corrected chi connectivity index (χ1v) is 7.32. The number of hydrogen-bond acceptors (Lipinski definition) is 2. The highest BCUT2D eigenvalue weighted by Crippen LogP contribution is 2.33. The molecular formula is C18H14FN3O. The number of aryl methyl sites for hydroxylation is 1. The molecule has 2 heterocycles. The molecule has 0 atom stereocenters. The third-order valence-corrected chi connectivity index (χ3v) is 4.15. The van der Waals surface area contributed by atoms with Crippen molar-refractivity contribution >= 4 is 5.91 Å². The van der Waals surface area contributed by atoms with Crippen LogP contribution in [-0.2, 0) is 13.6 Å². The molecule has 1 aliphatic heterocycles. The Bertz CT molecular complexity index is 930. The van der Waals surface area contributed by atoms with E-state index in [0.717, 1.165) is 16.7 Å². The van der Waals surface area contributed by atoms with Gasteiger partial charge in [-0.3, -0.25) is 4.79 Å². The molecule has 0 saturated heterocycles. The van der Waals surface area contributed by atoms with Crippen molar-refractivity contribution < 1.29 is 9.18 Å². The van der Waals surface area contributed by atoms with Crippen LogP contribution >= 0.6 is 0 Å². The van der Waals surface area contributed by atoms with E-state index in [1.807, 2.05) is 36.0 Å². The molecule has 1 N–H and O–H groups in total. The number of amides is 1. The average molecular weight is 307 g/mol. The molecule has 1 aliphatic rings. The molecule has 0 aliphatic carbocycles. The highest BCUT2D eigenvalue weighted by atomic mass is 19.1. The van der Waals surface area contributed by atoms with E-state index in [1.165, 1.54) is 12.1 Å². The van der Waals surface area contributed by atoms with E-state index in [2.05, 4.69) is 10.3 Å². The van der Waals surface area contributed by atoms with E-state index < -0.39 is 0 Å². The fourth-order valence-corrected chi connectivity index (χ4v) is 2.96.